The van der Waals surface area contributed by atoms with Crippen molar-refractivity contribution < 1.29 is 4.74 Å². The van der Waals surface area contributed by atoms with Gasteiger partial charge in [-0.1, -0.05) is 28.1 Å². The summed E-state index contributed by atoms with van der Waals surface area (Å²) in [5, 5.41) is 13.7. The Morgan fingerprint density at radius 1 is 1.22 bits per heavy atom. The maximum atomic E-state index is 5.49. The molecule has 0 unspecified atom stereocenters. The van der Waals surface area contributed by atoms with E-state index in [1.807, 2.05) is 61.0 Å². The number of ether oxygens (including phenoxy) is 1. The predicted octanol–water partition coefficient (Wildman–Crippen LogP) is 4.12. The second-order valence-corrected chi connectivity index (χ2v) is 6.82. The minimum absolute atomic E-state index is 0.338. The molecule has 136 valence electrons. The van der Waals surface area contributed by atoms with Crippen molar-refractivity contribution >= 4 is 50.2 Å². The van der Waals surface area contributed by atoms with Gasteiger partial charge in [-0.3, -0.25) is 0 Å². The molecule has 0 amide bonds. The van der Waals surface area contributed by atoms with Gasteiger partial charge in [0.05, 0.1) is 18.3 Å². The van der Waals surface area contributed by atoms with Crippen LogP contribution in [0.25, 0.3) is 22.1 Å². The van der Waals surface area contributed by atoms with Crippen molar-refractivity contribution in [2.75, 3.05) is 12.0 Å². The summed E-state index contributed by atoms with van der Waals surface area (Å²) in [6.45, 7) is 2.58. The summed E-state index contributed by atoms with van der Waals surface area (Å²) in [4.78, 5) is 4.54. The monoisotopic (exact) mass is 424 g/mol. The lowest BCUT2D eigenvalue weighted by Crippen LogP contribution is -2.01. The number of hydrogen-bond acceptors (Lipinski definition) is 6. The van der Waals surface area contributed by atoms with Crippen molar-refractivity contribution in [2.45, 2.75) is 6.92 Å². The number of anilines is 1. The molecule has 0 aliphatic heterocycles. The summed E-state index contributed by atoms with van der Waals surface area (Å²) in [6.07, 6.45) is 1.69. The van der Waals surface area contributed by atoms with E-state index < -0.39 is 0 Å². The van der Waals surface area contributed by atoms with Gasteiger partial charge in [-0.2, -0.15) is 10.1 Å². The minimum Gasteiger partial charge on any atom is -0.494 e. The van der Waals surface area contributed by atoms with Gasteiger partial charge in [0.25, 0.3) is 5.95 Å². The Hall–Kier alpha value is -3.00. The van der Waals surface area contributed by atoms with Crippen molar-refractivity contribution in [3.05, 3.63) is 52.5 Å². The van der Waals surface area contributed by atoms with Crippen LogP contribution < -0.4 is 10.2 Å². The first kappa shape index (κ1) is 17.4. The fourth-order valence-corrected chi connectivity index (χ4v) is 3.25. The standard InChI is InChI=1S/C19H17BrN6O/c1-3-27-14-6-4-5-12(9-14)11-21-24-19-22-18-17(23-25-19)15-10-13(20)7-8-16(15)26(18)2/h4-11H,3H2,1-2H3,(H,22,24,25)/b21-11+. The maximum absolute atomic E-state index is 5.49. The molecule has 1 N–H and O–H groups in total. The molecule has 0 fully saturated rings. The van der Waals surface area contributed by atoms with Crippen LogP contribution in [0.5, 0.6) is 5.75 Å². The van der Waals surface area contributed by atoms with Crippen LogP contribution in [0, 0.1) is 0 Å². The molecule has 8 heteroatoms. The number of hydrogen-bond donors (Lipinski definition) is 1. The molecule has 4 aromatic rings. The molecule has 0 bridgehead atoms. The van der Waals surface area contributed by atoms with E-state index in [-0.39, 0.29) is 0 Å². The largest absolute Gasteiger partial charge is 0.494 e. The molecule has 7 nitrogen and oxygen atoms in total. The highest BCUT2D eigenvalue weighted by molar-refractivity contribution is 9.10. The van der Waals surface area contributed by atoms with Gasteiger partial charge in [0, 0.05) is 16.9 Å². The van der Waals surface area contributed by atoms with Gasteiger partial charge >= 0.3 is 0 Å². The maximum Gasteiger partial charge on any atom is 0.265 e. The Morgan fingerprint density at radius 3 is 2.96 bits per heavy atom. The molecule has 0 aliphatic carbocycles. The van der Waals surface area contributed by atoms with Crippen molar-refractivity contribution in [2.24, 2.45) is 12.1 Å². The molecule has 2 aromatic carbocycles. The van der Waals surface area contributed by atoms with E-state index in [1.54, 1.807) is 6.21 Å². The number of nitrogens with one attached hydrogen (secondary N) is 1. The number of fused-ring (bicyclic) bond motifs is 3. The van der Waals surface area contributed by atoms with Gasteiger partial charge < -0.3 is 9.30 Å². The third kappa shape index (κ3) is 3.48. The van der Waals surface area contributed by atoms with Crippen LogP contribution >= 0.6 is 15.9 Å². The zero-order chi connectivity index (χ0) is 18.8. The van der Waals surface area contributed by atoms with Gasteiger partial charge in [-0.25, -0.2) is 5.43 Å². The fourth-order valence-electron chi connectivity index (χ4n) is 2.89. The fraction of sp³-hybridized carbons (Fsp3) is 0.158. The number of halogens is 1. The molecular weight excluding hydrogens is 408 g/mol. The van der Waals surface area contributed by atoms with Crippen LogP contribution in [-0.2, 0) is 7.05 Å². The molecule has 27 heavy (non-hydrogen) atoms. The van der Waals surface area contributed by atoms with E-state index in [4.69, 9.17) is 4.74 Å². The van der Waals surface area contributed by atoms with Gasteiger partial charge in [-0.15, -0.1) is 10.2 Å². The van der Waals surface area contributed by atoms with Gasteiger partial charge in [0.15, 0.2) is 5.65 Å². The van der Waals surface area contributed by atoms with Crippen LogP contribution in [-0.4, -0.2) is 32.6 Å². The van der Waals surface area contributed by atoms with E-state index in [2.05, 4.69) is 41.6 Å². The first-order valence-electron chi connectivity index (χ1n) is 8.46. The van der Waals surface area contributed by atoms with Crippen LogP contribution in [0.15, 0.2) is 52.0 Å². The zero-order valence-corrected chi connectivity index (χ0v) is 16.4. The third-order valence-corrected chi connectivity index (χ3v) is 4.60. The Kier molecular flexibility index (Phi) is 4.72. The molecule has 2 heterocycles. The predicted molar refractivity (Wildman–Crippen MR) is 110 cm³/mol. The summed E-state index contributed by atoms with van der Waals surface area (Å²) >= 11 is 3.49. The average Bonchev–Trinajstić information content (AvgIpc) is 2.94. The normalized spacial score (nSPS) is 11.5. The molecule has 0 saturated heterocycles. The number of aromatic nitrogens is 4. The third-order valence-electron chi connectivity index (χ3n) is 4.11. The van der Waals surface area contributed by atoms with Gasteiger partial charge in [0.1, 0.15) is 11.3 Å². The molecule has 0 saturated carbocycles. The van der Waals surface area contributed by atoms with Crippen LogP contribution in [0.1, 0.15) is 12.5 Å². The molecule has 0 atom stereocenters. The highest BCUT2D eigenvalue weighted by Gasteiger charge is 2.12. The number of benzene rings is 2. The number of hydrazone groups is 1. The molecule has 2 aromatic heterocycles. The lowest BCUT2D eigenvalue weighted by molar-refractivity contribution is 0.340. The minimum atomic E-state index is 0.338. The molecule has 0 aliphatic rings. The van der Waals surface area contributed by atoms with Crippen molar-refractivity contribution in [1.29, 1.82) is 0 Å². The van der Waals surface area contributed by atoms with E-state index in [0.717, 1.165) is 37.9 Å². The summed E-state index contributed by atoms with van der Waals surface area (Å²) in [5.41, 5.74) is 6.30. The van der Waals surface area contributed by atoms with E-state index in [9.17, 15) is 0 Å². The Bertz CT molecular complexity index is 1150. The summed E-state index contributed by atoms with van der Waals surface area (Å²) in [6, 6.07) is 13.7. The second-order valence-electron chi connectivity index (χ2n) is 5.90. The first-order valence-corrected chi connectivity index (χ1v) is 9.25. The lowest BCUT2D eigenvalue weighted by atomic mass is 10.2. The summed E-state index contributed by atoms with van der Waals surface area (Å²) < 4.78 is 8.47. The van der Waals surface area contributed by atoms with E-state index in [0.29, 0.717) is 12.6 Å². The lowest BCUT2D eigenvalue weighted by Gasteiger charge is -2.03. The first-order chi connectivity index (χ1) is 13.2. The van der Waals surface area contributed by atoms with Crippen LogP contribution in [0.4, 0.5) is 5.95 Å². The molecule has 0 radical (unpaired) electrons. The molecule has 0 spiro atoms. The summed E-state index contributed by atoms with van der Waals surface area (Å²) in [5.74, 6) is 1.15. The highest BCUT2D eigenvalue weighted by atomic mass is 79.9. The Labute approximate surface area is 164 Å². The topological polar surface area (TPSA) is 77.2 Å². The van der Waals surface area contributed by atoms with Crippen molar-refractivity contribution in [3.8, 4) is 5.75 Å². The van der Waals surface area contributed by atoms with Gasteiger partial charge in [0.2, 0.25) is 0 Å². The van der Waals surface area contributed by atoms with Crippen molar-refractivity contribution in [1.82, 2.24) is 19.7 Å². The average molecular weight is 425 g/mol. The van der Waals surface area contributed by atoms with E-state index in [1.165, 1.54) is 0 Å². The Balaban J connectivity index is 1.60. The van der Waals surface area contributed by atoms with Crippen LogP contribution in [0.3, 0.4) is 0 Å². The SMILES string of the molecule is CCOc1cccc(/C=N/Nc2nnc3c4cc(Br)ccc4n(C)c3n2)c1. The van der Waals surface area contributed by atoms with Crippen molar-refractivity contribution in [3.63, 3.8) is 0 Å². The highest BCUT2D eigenvalue weighted by Crippen LogP contribution is 2.28. The quantitative estimate of drug-likeness (QED) is 0.385. The van der Waals surface area contributed by atoms with Crippen LogP contribution in [0.2, 0.25) is 0 Å². The zero-order valence-electron chi connectivity index (χ0n) is 14.8. The second kappa shape index (κ2) is 7.32. The molecule has 4 rings (SSSR count). The number of rotatable bonds is 5. The summed E-state index contributed by atoms with van der Waals surface area (Å²) in [7, 11) is 1.96. The number of nitrogens with zero attached hydrogens (tertiary/aromatic N) is 5. The smallest absolute Gasteiger partial charge is 0.265 e. The Morgan fingerprint density at radius 2 is 2.11 bits per heavy atom. The van der Waals surface area contributed by atoms with Gasteiger partial charge in [-0.05, 0) is 42.8 Å². The van der Waals surface area contributed by atoms with E-state index >= 15 is 0 Å². The molecular formula is C19H17BrN6O. The number of aryl methyl sites for hydroxylation is 1.